The molecule has 4 rings (SSSR count). The number of aliphatic imine (C=N–C) groups is 1. The predicted molar refractivity (Wildman–Crippen MR) is 137 cm³/mol. The lowest BCUT2D eigenvalue weighted by atomic mass is 10.1. The van der Waals surface area contributed by atoms with E-state index < -0.39 is 0 Å². The lowest BCUT2D eigenvalue weighted by Crippen LogP contribution is -2.42. The summed E-state index contributed by atoms with van der Waals surface area (Å²) in [5.41, 5.74) is 1.42. The number of hydrogen-bond acceptors (Lipinski definition) is 3. The van der Waals surface area contributed by atoms with E-state index in [1.165, 1.54) is 70.4 Å². The minimum Gasteiger partial charge on any atom is -0.357 e. The van der Waals surface area contributed by atoms with Gasteiger partial charge in [-0.2, -0.15) is 0 Å². The van der Waals surface area contributed by atoms with Crippen molar-refractivity contribution in [3.05, 3.63) is 35.9 Å². The first-order valence-corrected chi connectivity index (χ1v) is 11.9. The van der Waals surface area contributed by atoms with Crippen LogP contribution in [0.25, 0.3) is 0 Å². The van der Waals surface area contributed by atoms with Crippen molar-refractivity contribution in [2.75, 3.05) is 52.4 Å². The lowest BCUT2D eigenvalue weighted by molar-refractivity contribution is 0.250. The van der Waals surface area contributed by atoms with Crippen LogP contribution in [-0.2, 0) is 6.54 Å². The maximum Gasteiger partial charge on any atom is 0.193 e. The quantitative estimate of drug-likeness (QED) is 0.335. The Morgan fingerprint density at radius 2 is 1.83 bits per heavy atom. The van der Waals surface area contributed by atoms with Gasteiger partial charge >= 0.3 is 0 Å². The van der Waals surface area contributed by atoms with Gasteiger partial charge in [-0.3, -0.25) is 9.89 Å². The van der Waals surface area contributed by atoms with Gasteiger partial charge in [-0.05, 0) is 70.1 Å². The highest BCUT2D eigenvalue weighted by Gasteiger charge is 2.28. The predicted octanol–water partition coefficient (Wildman–Crippen LogP) is 3.65. The number of likely N-dealkylation sites (tertiary alicyclic amines) is 3. The Morgan fingerprint density at radius 1 is 1.03 bits per heavy atom. The van der Waals surface area contributed by atoms with Gasteiger partial charge in [0, 0.05) is 38.8 Å². The summed E-state index contributed by atoms with van der Waals surface area (Å²) in [5, 5.41) is 3.57. The zero-order valence-electron chi connectivity index (χ0n) is 18.6. The van der Waals surface area contributed by atoms with E-state index in [1.807, 2.05) is 0 Å². The van der Waals surface area contributed by atoms with Crippen molar-refractivity contribution in [2.45, 2.75) is 51.6 Å². The van der Waals surface area contributed by atoms with Gasteiger partial charge in [0.05, 0.1) is 6.54 Å². The molecule has 1 N–H and O–H groups in total. The van der Waals surface area contributed by atoms with Gasteiger partial charge < -0.3 is 15.1 Å². The number of benzene rings is 1. The third-order valence-corrected chi connectivity index (χ3v) is 6.81. The van der Waals surface area contributed by atoms with E-state index in [0.29, 0.717) is 6.04 Å². The first-order chi connectivity index (χ1) is 14.3. The Morgan fingerprint density at radius 3 is 2.60 bits per heavy atom. The largest absolute Gasteiger partial charge is 0.357 e. The van der Waals surface area contributed by atoms with Gasteiger partial charge in [0.15, 0.2) is 5.96 Å². The van der Waals surface area contributed by atoms with Gasteiger partial charge in [0.2, 0.25) is 0 Å². The van der Waals surface area contributed by atoms with E-state index in [1.54, 1.807) is 0 Å². The summed E-state index contributed by atoms with van der Waals surface area (Å²) in [4.78, 5) is 12.9. The molecule has 0 aromatic heterocycles. The van der Waals surface area contributed by atoms with Crippen LogP contribution in [0.3, 0.4) is 0 Å². The lowest BCUT2D eigenvalue weighted by Gasteiger charge is -2.26. The summed E-state index contributed by atoms with van der Waals surface area (Å²) >= 11 is 0. The molecule has 0 spiro atoms. The zero-order chi connectivity index (χ0) is 19.9. The molecule has 0 saturated carbocycles. The summed E-state index contributed by atoms with van der Waals surface area (Å²) in [6.45, 7) is 12.5. The van der Waals surface area contributed by atoms with Crippen LogP contribution in [0.4, 0.5) is 0 Å². The highest BCUT2D eigenvalue weighted by Crippen LogP contribution is 2.22. The van der Waals surface area contributed by atoms with Crippen LogP contribution in [0.5, 0.6) is 0 Å². The van der Waals surface area contributed by atoms with Gasteiger partial charge in [-0.15, -0.1) is 24.0 Å². The molecule has 2 atom stereocenters. The summed E-state index contributed by atoms with van der Waals surface area (Å²) in [6, 6.07) is 11.5. The molecule has 3 saturated heterocycles. The molecule has 0 bridgehead atoms. The second-order valence-corrected chi connectivity index (χ2v) is 9.06. The van der Waals surface area contributed by atoms with Crippen LogP contribution in [0.1, 0.15) is 44.6 Å². The van der Waals surface area contributed by atoms with E-state index >= 15 is 0 Å². The SMILES string of the molecule is CCNC(=NCC1CCCN1Cc1ccccc1)N1CCC(CN2CCCC2)C1.I. The molecular formula is C24H40IN5. The minimum absolute atomic E-state index is 0. The van der Waals surface area contributed by atoms with Crippen molar-refractivity contribution in [1.82, 2.24) is 20.0 Å². The summed E-state index contributed by atoms with van der Waals surface area (Å²) in [7, 11) is 0. The smallest absolute Gasteiger partial charge is 0.193 e. The number of nitrogens with one attached hydrogen (secondary N) is 1. The molecule has 3 heterocycles. The molecule has 30 heavy (non-hydrogen) atoms. The summed E-state index contributed by atoms with van der Waals surface area (Å²) < 4.78 is 0. The number of halogens is 1. The van der Waals surface area contributed by atoms with Crippen LogP contribution in [0.15, 0.2) is 35.3 Å². The maximum atomic E-state index is 5.11. The number of nitrogens with zero attached hydrogens (tertiary/aromatic N) is 4. The Bertz CT molecular complexity index is 646. The Hall–Kier alpha value is -0.860. The fourth-order valence-electron chi connectivity index (χ4n) is 5.25. The molecular weight excluding hydrogens is 485 g/mol. The molecule has 0 aliphatic carbocycles. The van der Waals surface area contributed by atoms with Gasteiger partial charge in [0.25, 0.3) is 0 Å². The van der Waals surface area contributed by atoms with Crippen molar-refractivity contribution in [2.24, 2.45) is 10.9 Å². The van der Waals surface area contributed by atoms with Gasteiger partial charge in [-0.25, -0.2) is 0 Å². The summed E-state index contributed by atoms with van der Waals surface area (Å²) in [5.74, 6) is 1.95. The maximum absolute atomic E-state index is 5.11. The number of rotatable bonds is 7. The average molecular weight is 526 g/mol. The molecule has 5 nitrogen and oxygen atoms in total. The second kappa shape index (κ2) is 12.2. The molecule has 1 aromatic carbocycles. The van der Waals surface area contributed by atoms with Crippen LogP contribution >= 0.6 is 24.0 Å². The first-order valence-electron chi connectivity index (χ1n) is 11.9. The third kappa shape index (κ3) is 6.57. The molecule has 2 unspecified atom stereocenters. The minimum atomic E-state index is 0. The zero-order valence-corrected chi connectivity index (χ0v) is 21.0. The Kier molecular flexibility index (Phi) is 9.71. The Labute approximate surface area is 200 Å². The highest BCUT2D eigenvalue weighted by molar-refractivity contribution is 14.0. The molecule has 6 heteroatoms. The van der Waals surface area contributed by atoms with E-state index in [0.717, 1.165) is 38.1 Å². The fraction of sp³-hybridized carbons (Fsp3) is 0.708. The second-order valence-electron chi connectivity index (χ2n) is 9.06. The molecule has 168 valence electrons. The molecule has 3 aliphatic heterocycles. The van der Waals surface area contributed by atoms with Crippen molar-refractivity contribution >= 4 is 29.9 Å². The topological polar surface area (TPSA) is 34.1 Å². The standard InChI is InChI=1S/C24H39N5.HI/c1-2-25-24(29-16-12-22(20-29)18-27-13-6-7-14-27)26-17-23-11-8-15-28(23)19-21-9-4-3-5-10-21;/h3-5,9-10,22-23H,2,6-8,11-20H2,1H3,(H,25,26);1H. The van der Waals surface area contributed by atoms with Crippen molar-refractivity contribution in [1.29, 1.82) is 0 Å². The molecule has 3 fully saturated rings. The van der Waals surface area contributed by atoms with Crippen LogP contribution in [-0.4, -0.2) is 79.1 Å². The summed E-state index contributed by atoms with van der Waals surface area (Å²) in [6.07, 6.45) is 6.66. The Balaban J connectivity index is 0.00000256. The first kappa shape index (κ1) is 23.8. The van der Waals surface area contributed by atoms with Crippen molar-refractivity contribution < 1.29 is 0 Å². The van der Waals surface area contributed by atoms with Crippen molar-refractivity contribution in [3.8, 4) is 0 Å². The molecule has 1 aromatic rings. The third-order valence-electron chi connectivity index (χ3n) is 6.81. The van der Waals surface area contributed by atoms with E-state index in [2.05, 4.69) is 57.3 Å². The average Bonchev–Trinajstić information content (AvgIpc) is 3.50. The molecule has 3 aliphatic rings. The van der Waals surface area contributed by atoms with E-state index in [-0.39, 0.29) is 24.0 Å². The van der Waals surface area contributed by atoms with Gasteiger partial charge in [0.1, 0.15) is 0 Å². The van der Waals surface area contributed by atoms with E-state index in [9.17, 15) is 0 Å². The number of hydrogen-bond donors (Lipinski definition) is 1. The normalized spacial score (nSPS) is 25.6. The van der Waals surface area contributed by atoms with Crippen LogP contribution < -0.4 is 5.32 Å². The number of guanidine groups is 1. The monoisotopic (exact) mass is 525 g/mol. The molecule has 0 amide bonds. The fourth-order valence-corrected chi connectivity index (χ4v) is 5.25. The highest BCUT2D eigenvalue weighted by atomic mass is 127. The van der Waals surface area contributed by atoms with Crippen molar-refractivity contribution in [3.63, 3.8) is 0 Å². The van der Waals surface area contributed by atoms with Crippen LogP contribution in [0, 0.1) is 5.92 Å². The van der Waals surface area contributed by atoms with Crippen LogP contribution in [0.2, 0.25) is 0 Å². The molecule has 0 radical (unpaired) electrons. The van der Waals surface area contributed by atoms with Gasteiger partial charge in [-0.1, -0.05) is 30.3 Å². The van der Waals surface area contributed by atoms with E-state index in [4.69, 9.17) is 4.99 Å².